The first-order valence-corrected chi connectivity index (χ1v) is 9.32. The van der Waals surface area contributed by atoms with Gasteiger partial charge in [0.25, 0.3) is 6.47 Å². The molecule has 4 rings (SSSR count). The maximum absolute atomic E-state index is 8.36. The zero-order chi connectivity index (χ0) is 17.6. The SMILES string of the molecule is CCSc1n[nH]c(-c2ccc(-c3ccc4sccc4c3)o2)n1.O=CO. The molecule has 0 spiro atoms. The first-order chi connectivity index (χ1) is 12.2. The number of rotatable bonds is 4. The van der Waals surface area contributed by atoms with Gasteiger partial charge < -0.3 is 9.52 Å². The van der Waals surface area contributed by atoms with Crippen molar-refractivity contribution in [3.05, 3.63) is 41.8 Å². The molecule has 2 N–H and O–H groups in total. The summed E-state index contributed by atoms with van der Waals surface area (Å²) in [6, 6.07) is 12.4. The van der Waals surface area contributed by atoms with Crippen LogP contribution in [0.25, 0.3) is 33.0 Å². The minimum Gasteiger partial charge on any atom is -0.483 e. The van der Waals surface area contributed by atoms with Crippen molar-refractivity contribution >= 4 is 39.7 Å². The fraction of sp³-hybridized carbons (Fsp3) is 0.118. The van der Waals surface area contributed by atoms with Gasteiger partial charge in [0.05, 0.1) is 0 Å². The lowest BCUT2D eigenvalue weighted by atomic mass is 10.1. The van der Waals surface area contributed by atoms with E-state index >= 15 is 0 Å². The fourth-order valence-corrected chi connectivity index (χ4v) is 3.59. The van der Waals surface area contributed by atoms with Gasteiger partial charge in [0, 0.05) is 10.3 Å². The van der Waals surface area contributed by atoms with Gasteiger partial charge in [-0.25, -0.2) is 0 Å². The van der Waals surface area contributed by atoms with E-state index in [0.717, 1.165) is 22.2 Å². The van der Waals surface area contributed by atoms with Crippen LogP contribution in [0, 0.1) is 0 Å². The second-order valence-electron chi connectivity index (χ2n) is 4.84. The summed E-state index contributed by atoms with van der Waals surface area (Å²) in [6.07, 6.45) is 0. The number of hydrogen-bond donors (Lipinski definition) is 2. The number of fused-ring (bicyclic) bond motifs is 1. The minimum absolute atomic E-state index is 0.250. The summed E-state index contributed by atoms with van der Waals surface area (Å²) in [6.45, 7) is 1.83. The summed E-state index contributed by atoms with van der Waals surface area (Å²) >= 11 is 3.35. The van der Waals surface area contributed by atoms with E-state index in [1.807, 2.05) is 12.1 Å². The van der Waals surface area contributed by atoms with Gasteiger partial charge in [-0.05, 0) is 52.9 Å². The molecule has 8 heteroatoms. The largest absolute Gasteiger partial charge is 0.483 e. The van der Waals surface area contributed by atoms with E-state index in [0.29, 0.717) is 11.6 Å². The molecule has 0 aliphatic heterocycles. The third kappa shape index (κ3) is 3.92. The van der Waals surface area contributed by atoms with E-state index in [1.165, 1.54) is 10.1 Å². The Morgan fingerprint density at radius 2 is 2.08 bits per heavy atom. The Bertz CT molecular complexity index is 974. The van der Waals surface area contributed by atoms with Crippen molar-refractivity contribution in [2.24, 2.45) is 0 Å². The lowest BCUT2D eigenvalue weighted by Gasteiger charge is -1.97. The number of aromatic amines is 1. The summed E-state index contributed by atoms with van der Waals surface area (Å²) in [5.41, 5.74) is 1.07. The van der Waals surface area contributed by atoms with E-state index in [1.54, 1.807) is 23.1 Å². The molecule has 128 valence electrons. The number of nitrogens with zero attached hydrogens (tertiary/aromatic N) is 2. The second kappa shape index (κ2) is 8.00. The molecule has 0 amide bonds. The highest BCUT2D eigenvalue weighted by molar-refractivity contribution is 7.99. The number of benzene rings is 1. The number of hydrogen-bond acceptors (Lipinski definition) is 6. The van der Waals surface area contributed by atoms with Gasteiger partial charge in [-0.2, -0.15) is 4.98 Å². The number of furan rings is 1. The molecule has 0 atom stereocenters. The third-order valence-electron chi connectivity index (χ3n) is 3.31. The average Bonchev–Trinajstić information content (AvgIpc) is 3.35. The molecule has 25 heavy (non-hydrogen) atoms. The lowest BCUT2D eigenvalue weighted by Crippen LogP contribution is -1.77. The molecule has 0 unspecified atom stereocenters. The summed E-state index contributed by atoms with van der Waals surface area (Å²) in [4.78, 5) is 12.8. The van der Waals surface area contributed by atoms with Crippen LogP contribution in [0.3, 0.4) is 0 Å². The summed E-state index contributed by atoms with van der Waals surface area (Å²) < 4.78 is 7.22. The number of H-pyrrole nitrogens is 1. The molecular formula is C17H15N3O3S2. The Morgan fingerprint density at radius 3 is 2.88 bits per heavy atom. The molecule has 1 aromatic carbocycles. The molecule has 4 aromatic rings. The van der Waals surface area contributed by atoms with Crippen molar-refractivity contribution in [2.75, 3.05) is 5.75 Å². The monoisotopic (exact) mass is 373 g/mol. The molecule has 6 nitrogen and oxygen atoms in total. The molecule has 0 radical (unpaired) electrons. The Morgan fingerprint density at radius 1 is 1.28 bits per heavy atom. The van der Waals surface area contributed by atoms with Crippen molar-refractivity contribution < 1.29 is 14.3 Å². The second-order valence-corrected chi connectivity index (χ2v) is 7.02. The van der Waals surface area contributed by atoms with Crippen LogP contribution >= 0.6 is 23.1 Å². The Labute approximate surface area is 151 Å². The van der Waals surface area contributed by atoms with Gasteiger partial charge in [0.15, 0.2) is 11.6 Å². The summed E-state index contributed by atoms with van der Waals surface area (Å²) in [5.74, 6) is 3.15. The molecule has 0 saturated heterocycles. The first kappa shape index (κ1) is 17.2. The zero-order valence-electron chi connectivity index (χ0n) is 13.3. The van der Waals surface area contributed by atoms with Crippen molar-refractivity contribution in [3.63, 3.8) is 0 Å². The van der Waals surface area contributed by atoms with Crippen LogP contribution in [0.1, 0.15) is 6.92 Å². The van der Waals surface area contributed by atoms with Crippen molar-refractivity contribution in [3.8, 4) is 22.9 Å². The summed E-state index contributed by atoms with van der Waals surface area (Å²) in [5, 5.41) is 18.1. The van der Waals surface area contributed by atoms with E-state index in [-0.39, 0.29) is 6.47 Å². The standard InChI is InChI=1S/C16H13N3OS2.CH2O2/c1-2-21-16-17-15(18-19-16)13-5-4-12(20-13)10-3-6-14-11(9-10)7-8-22-14;2-1-3/h3-9H,2H2,1H3,(H,17,18,19);1H,(H,2,3). The van der Waals surface area contributed by atoms with Crippen molar-refractivity contribution in [1.82, 2.24) is 15.2 Å². The number of thiophene rings is 1. The van der Waals surface area contributed by atoms with E-state index in [9.17, 15) is 0 Å². The zero-order valence-corrected chi connectivity index (χ0v) is 14.9. The molecule has 0 aliphatic rings. The summed E-state index contributed by atoms with van der Waals surface area (Å²) in [7, 11) is 0. The molecule has 3 aromatic heterocycles. The van der Waals surface area contributed by atoms with Crippen LogP contribution in [-0.2, 0) is 4.79 Å². The number of aromatic nitrogens is 3. The van der Waals surface area contributed by atoms with Crippen LogP contribution in [0.15, 0.2) is 51.4 Å². The highest BCUT2D eigenvalue weighted by atomic mass is 32.2. The molecule has 0 aliphatic carbocycles. The van der Waals surface area contributed by atoms with Crippen LogP contribution in [0.5, 0.6) is 0 Å². The van der Waals surface area contributed by atoms with E-state index in [2.05, 4.69) is 51.8 Å². The maximum Gasteiger partial charge on any atom is 0.290 e. The van der Waals surface area contributed by atoms with Crippen LogP contribution in [-0.4, -0.2) is 32.5 Å². The lowest BCUT2D eigenvalue weighted by molar-refractivity contribution is -0.122. The van der Waals surface area contributed by atoms with E-state index < -0.39 is 0 Å². The quantitative estimate of drug-likeness (QED) is 0.396. The Kier molecular flexibility index (Phi) is 5.52. The predicted molar refractivity (Wildman–Crippen MR) is 100.0 cm³/mol. The molecule has 0 fully saturated rings. The smallest absolute Gasteiger partial charge is 0.290 e. The maximum atomic E-state index is 8.36. The molecule has 0 saturated carbocycles. The van der Waals surface area contributed by atoms with Crippen LogP contribution in [0.2, 0.25) is 0 Å². The third-order valence-corrected chi connectivity index (χ3v) is 4.94. The van der Waals surface area contributed by atoms with Crippen LogP contribution < -0.4 is 0 Å². The van der Waals surface area contributed by atoms with Crippen molar-refractivity contribution in [1.29, 1.82) is 0 Å². The Balaban J connectivity index is 0.000000569. The average molecular weight is 373 g/mol. The van der Waals surface area contributed by atoms with Gasteiger partial charge in [-0.3, -0.25) is 9.89 Å². The topological polar surface area (TPSA) is 92.0 Å². The normalized spacial score (nSPS) is 10.4. The minimum atomic E-state index is -0.250. The van der Waals surface area contributed by atoms with Gasteiger partial charge >= 0.3 is 0 Å². The van der Waals surface area contributed by atoms with Gasteiger partial charge in [0.1, 0.15) is 5.76 Å². The van der Waals surface area contributed by atoms with Crippen molar-refractivity contribution in [2.45, 2.75) is 12.1 Å². The highest BCUT2D eigenvalue weighted by Gasteiger charge is 2.11. The predicted octanol–water partition coefficient (Wildman–Crippen LogP) is 4.76. The number of thioether (sulfide) groups is 1. The Hall–Kier alpha value is -2.58. The highest BCUT2D eigenvalue weighted by Crippen LogP contribution is 2.31. The number of carboxylic acid groups (broad SMARTS) is 1. The molecule has 0 bridgehead atoms. The first-order valence-electron chi connectivity index (χ1n) is 7.46. The van der Waals surface area contributed by atoms with Crippen LogP contribution in [0.4, 0.5) is 0 Å². The van der Waals surface area contributed by atoms with Gasteiger partial charge in [-0.1, -0.05) is 18.7 Å². The number of carbonyl (C=O) groups is 1. The van der Waals surface area contributed by atoms with E-state index in [4.69, 9.17) is 14.3 Å². The van der Waals surface area contributed by atoms with Gasteiger partial charge in [0.2, 0.25) is 5.16 Å². The molecular weight excluding hydrogens is 358 g/mol. The molecule has 3 heterocycles. The number of nitrogens with one attached hydrogen (secondary N) is 1. The fourth-order valence-electron chi connectivity index (χ4n) is 2.29. The van der Waals surface area contributed by atoms with Gasteiger partial charge in [-0.15, -0.1) is 16.4 Å².